The molecule has 0 saturated carbocycles. The van der Waals surface area contributed by atoms with Gasteiger partial charge in [-0.3, -0.25) is 14.0 Å². The molecule has 192 valence electrons. The van der Waals surface area contributed by atoms with E-state index < -0.39 is 48.9 Å². The number of esters is 2. The van der Waals surface area contributed by atoms with E-state index in [-0.39, 0.29) is 12.1 Å². The largest absolute Gasteiger partial charge is 0.490 e. The van der Waals surface area contributed by atoms with E-state index in [1.54, 1.807) is 24.3 Å². The average Bonchev–Trinajstić information content (AvgIpc) is 3.10. The highest BCUT2D eigenvalue weighted by Crippen LogP contribution is 2.31. The molecule has 1 aliphatic rings. The van der Waals surface area contributed by atoms with Crippen molar-refractivity contribution in [1.82, 2.24) is 14.5 Å². The first kappa shape index (κ1) is 27.4. The molecule has 15 heteroatoms. The van der Waals surface area contributed by atoms with Gasteiger partial charge in [0.25, 0.3) is 5.91 Å². The number of nitrogens with zero attached hydrogens (tertiary/aromatic N) is 2. The van der Waals surface area contributed by atoms with Crippen molar-refractivity contribution in [3.63, 3.8) is 0 Å². The van der Waals surface area contributed by atoms with Crippen molar-refractivity contribution >= 4 is 59.0 Å². The second-order valence-electron chi connectivity index (χ2n) is 7.07. The summed E-state index contributed by atoms with van der Waals surface area (Å²) in [5, 5.41) is 3.51. The molecule has 1 atom stereocenters. The van der Waals surface area contributed by atoms with Gasteiger partial charge in [0.1, 0.15) is 0 Å². The number of rotatable bonds is 8. The molecule has 36 heavy (non-hydrogen) atoms. The number of carbonyl (C=O) groups excluding carboxylic acids is 4. The van der Waals surface area contributed by atoms with E-state index in [9.17, 15) is 32.3 Å². The standard InChI is InChI=1S/C21H16Cl2F3N3O6S/c22-14-5-1-12(2-6-14)9-29-20(33)28(11-35-16(30)10-34-18(32)21(24,25)26)19(36-29)27-17(31)13-3-7-15(23)8-4-13/h1-8,19H,9-11H2,(H,27,31). The van der Waals surface area contributed by atoms with E-state index in [2.05, 4.69) is 10.1 Å². The quantitative estimate of drug-likeness (QED) is 0.377. The fraction of sp³-hybridized carbons (Fsp3) is 0.238. The summed E-state index contributed by atoms with van der Waals surface area (Å²) < 4.78 is 46.6. The zero-order chi connectivity index (χ0) is 26.5. The zero-order valence-corrected chi connectivity index (χ0v) is 20.3. The van der Waals surface area contributed by atoms with Crippen molar-refractivity contribution in [2.24, 2.45) is 0 Å². The van der Waals surface area contributed by atoms with Gasteiger partial charge >= 0.3 is 24.1 Å². The number of halogens is 5. The normalized spacial score (nSPS) is 15.6. The summed E-state index contributed by atoms with van der Waals surface area (Å²) in [5.41, 5.74) is -0.0981. The van der Waals surface area contributed by atoms with Gasteiger partial charge in [-0.15, -0.1) is 0 Å². The maximum absolute atomic E-state index is 13.0. The van der Waals surface area contributed by atoms with Gasteiger partial charge in [0.05, 0.1) is 6.54 Å². The Morgan fingerprint density at radius 2 is 1.56 bits per heavy atom. The van der Waals surface area contributed by atoms with E-state index in [1.165, 1.54) is 28.6 Å². The van der Waals surface area contributed by atoms with Gasteiger partial charge in [-0.2, -0.15) is 13.2 Å². The third-order valence-electron chi connectivity index (χ3n) is 4.49. The van der Waals surface area contributed by atoms with Gasteiger partial charge in [0, 0.05) is 27.6 Å². The van der Waals surface area contributed by atoms with Crippen LogP contribution in [0.3, 0.4) is 0 Å². The molecule has 0 radical (unpaired) electrons. The number of nitrogens with one attached hydrogen (secondary N) is 1. The lowest BCUT2D eigenvalue weighted by Gasteiger charge is -2.22. The lowest BCUT2D eigenvalue weighted by molar-refractivity contribution is -0.202. The molecule has 1 aliphatic heterocycles. The van der Waals surface area contributed by atoms with Crippen LogP contribution in [0.2, 0.25) is 10.0 Å². The Morgan fingerprint density at radius 1 is 0.972 bits per heavy atom. The Balaban J connectivity index is 1.68. The Bertz CT molecular complexity index is 1140. The molecule has 2 aromatic carbocycles. The first-order valence-electron chi connectivity index (χ1n) is 9.89. The Labute approximate surface area is 216 Å². The van der Waals surface area contributed by atoms with Crippen LogP contribution in [0.5, 0.6) is 0 Å². The number of urea groups is 1. The number of amides is 3. The summed E-state index contributed by atoms with van der Waals surface area (Å²) in [7, 11) is 0. The van der Waals surface area contributed by atoms with Gasteiger partial charge < -0.3 is 14.8 Å². The van der Waals surface area contributed by atoms with Crippen LogP contribution >= 0.6 is 35.1 Å². The molecule has 1 fully saturated rings. The van der Waals surface area contributed by atoms with E-state index in [0.717, 1.165) is 16.8 Å². The third-order valence-corrected chi connectivity index (χ3v) is 6.10. The van der Waals surface area contributed by atoms with Gasteiger partial charge in [-0.05, 0) is 42.0 Å². The summed E-state index contributed by atoms with van der Waals surface area (Å²) in [6.07, 6.45) is -5.28. The first-order chi connectivity index (χ1) is 16.9. The Hall–Kier alpha value is -3.16. The number of carbonyl (C=O) groups is 4. The summed E-state index contributed by atoms with van der Waals surface area (Å²) in [6.45, 7) is -1.96. The fourth-order valence-electron chi connectivity index (χ4n) is 2.74. The molecule has 3 amide bonds. The van der Waals surface area contributed by atoms with E-state index in [4.69, 9.17) is 27.9 Å². The van der Waals surface area contributed by atoms with Crippen LogP contribution in [0, 0.1) is 0 Å². The van der Waals surface area contributed by atoms with Crippen molar-refractivity contribution in [3.8, 4) is 0 Å². The number of alkyl halides is 3. The maximum atomic E-state index is 13.0. The third kappa shape index (κ3) is 7.42. The number of hydrogen-bond donors (Lipinski definition) is 1. The van der Waals surface area contributed by atoms with Crippen LogP contribution in [0.15, 0.2) is 48.5 Å². The van der Waals surface area contributed by atoms with E-state index in [0.29, 0.717) is 15.6 Å². The van der Waals surface area contributed by atoms with Crippen molar-refractivity contribution in [3.05, 3.63) is 69.7 Å². The van der Waals surface area contributed by atoms with Gasteiger partial charge in [-0.1, -0.05) is 35.3 Å². The number of benzene rings is 2. The summed E-state index contributed by atoms with van der Waals surface area (Å²) in [4.78, 5) is 49.1. The molecule has 1 N–H and O–H groups in total. The fourth-order valence-corrected chi connectivity index (χ4v) is 4.08. The van der Waals surface area contributed by atoms with Crippen LogP contribution < -0.4 is 5.32 Å². The smallest absolute Gasteiger partial charge is 0.447 e. The van der Waals surface area contributed by atoms with Crippen LogP contribution in [0.25, 0.3) is 0 Å². The molecule has 3 rings (SSSR count). The molecule has 1 heterocycles. The number of ether oxygens (including phenoxy) is 2. The van der Waals surface area contributed by atoms with Gasteiger partial charge in [-0.25, -0.2) is 14.4 Å². The lowest BCUT2D eigenvalue weighted by atomic mass is 10.2. The highest BCUT2D eigenvalue weighted by Gasteiger charge is 2.42. The van der Waals surface area contributed by atoms with Crippen molar-refractivity contribution in [2.45, 2.75) is 18.2 Å². The maximum Gasteiger partial charge on any atom is 0.490 e. The minimum absolute atomic E-state index is 0.0988. The second kappa shape index (κ2) is 11.7. The van der Waals surface area contributed by atoms with Crippen molar-refractivity contribution in [1.29, 1.82) is 0 Å². The lowest BCUT2D eigenvalue weighted by Crippen LogP contribution is -2.46. The summed E-state index contributed by atoms with van der Waals surface area (Å²) in [6, 6.07) is 11.9. The van der Waals surface area contributed by atoms with Crippen molar-refractivity contribution < 1.29 is 41.8 Å². The molecule has 2 aromatic rings. The molecule has 1 unspecified atom stereocenters. The molecule has 0 bridgehead atoms. The highest BCUT2D eigenvalue weighted by atomic mass is 35.5. The predicted octanol–water partition coefficient (Wildman–Crippen LogP) is 4.20. The van der Waals surface area contributed by atoms with Gasteiger partial charge in [0.2, 0.25) is 0 Å². The molecular formula is C21H16Cl2F3N3O6S. The molecule has 9 nitrogen and oxygen atoms in total. The molecule has 0 spiro atoms. The second-order valence-corrected chi connectivity index (χ2v) is 9.04. The van der Waals surface area contributed by atoms with E-state index in [1.807, 2.05) is 0 Å². The minimum Gasteiger partial charge on any atom is -0.447 e. The van der Waals surface area contributed by atoms with Gasteiger partial charge in [0.15, 0.2) is 18.8 Å². The summed E-state index contributed by atoms with van der Waals surface area (Å²) >= 11 is 12.6. The Kier molecular flexibility index (Phi) is 8.93. The van der Waals surface area contributed by atoms with Crippen molar-refractivity contribution in [2.75, 3.05) is 13.3 Å². The molecule has 1 saturated heterocycles. The monoisotopic (exact) mass is 565 g/mol. The summed E-state index contributed by atoms with van der Waals surface area (Å²) in [5.74, 6) is -4.46. The minimum atomic E-state index is -5.28. The topological polar surface area (TPSA) is 105 Å². The van der Waals surface area contributed by atoms with Crippen LogP contribution in [0.1, 0.15) is 15.9 Å². The first-order valence-corrected chi connectivity index (χ1v) is 11.5. The molecular weight excluding hydrogens is 550 g/mol. The Morgan fingerprint density at radius 3 is 2.14 bits per heavy atom. The number of hydrogen-bond acceptors (Lipinski definition) is 7. The average molecular weight is 566 g/mol. The molecule has 0 aromatic heterocycles. The zero-order valence-electron chi connectivity index (χ0n) is 18.0. The van der Waals surface area contributed by atoms with Crippen LogP contribution in [-0.4, -0.2) is 58.1 Å². The van der Waals surface area contributed by atoms with Crippen LogP contribution in [-0.2, 0) is 25.6 Å². The highest BCUT2D eigenvalue weighted by molar-refractivity contribution is 7.98. The van der Waals surface area contributed by atoms with E-state index >= 15 is 0 Å². The molecule has 0 aliphatic carbocycles. The SMILES string of the molecule is O=C(COC(=O)C(F)(F)F)OCN1C(=O)N(Cc2ccc(Cl)cc2)SC1NC(=O)c1ccc(Cl)cc1. The van der Waals surface area contributed by atoms with Crippen LogP contribution in [0.4, 0.5) is 18.0 Å². The predicted molar refractivity (Wildman–Crippen MR) is 123 cm³/mol.